The first-order chi connectivity index (χ1) is 16.6. The average Bonchev–Trinajstić information content (AvgIpc) is 2.90. The number of rotatable bonds is 7. The molecule has 1 aliphatic heterocycles. The standard InChI is InChI=1S/C28H29N3O3/c1-3-21-8-7-11-23(20-21)27(32)29-24-12-14-25(15-13-24)30-16-18-31(19-17-30)26(28(33)34-2)22-9-5-4-6-10-22/h3-15,20,26H,1,16-19H2,2H3,(H,29,32). The number of nitrogens with zero attached hydrogens (tertiary/aromatic N) is 2. The average molecular weight is 456 g/mol. The number of esters is 1. The summed E-state index contributed by atoms with van der Waals surface area (Å²) in [5.74, 6) is -0.391. The van der Waals surface area contributed by atoms with Gasteiger partial charge in [-0.05, 0) is 47.5 Å². The van der Waals surface area contributed by atoms with Gasteiger partial charge in [0.2, 0.25) is 0 Å². The van der Waals surface area contributed by atoms with Crippen LogP contribution >= 0.6 is 0 Å². The smallest absolute Gasteiger partial charge is 0.327 e. The van der Waals surface area contributed by atoms with Gasteiger partial charge in [0.05, 0.1) is 7.11 Å². The second-order valence-electron chi connectivity index (χ2n) is 8.19. The number of nitrogens with one attached hydrogen (secondary N) is 1. The van der Waals surface area contributed by atoms with Gasteiger partial charge in [0, 0.05) is 43.1 Å². The minimum absolute atomic E-state index is 0.153. The van der Waals surface area contributed by atoms with Crippen molar-refractivity contribution in [1.29, 1.82) is 0 Å². The second kappa shape index (κ2) is 10.8. The summed E-state index contributed by atoms with van der Waals surface area (Å²) >= 11 is 0. The van der Waals surface area contributed by atoms with Crippen molar-refractivity contribution >= 4 is 29.3 Å². The van der Waals surface area contributed by atoms with Crippen molar-refractivity contribution in [3.05, 3.63) is 102 Å². The number of amides is 1. The monoisotopic (exact) mass is 455 g/mol. The van der Waals surface area contributed by atoms with Crippen molar-refractivity contribution < 1.29 is 14.3 Å². The molecule has 1 N–H and O–H groups in total. The normalized spacial score (nSPS) is 14.8. The van der Waals surface area contributed by atoms with E-state index < -0.39 is 6.04 Å². The quantitative estimate of drug-likeness (QED) is 0.527. The van der Waals surface area contributed by atoms with E-state index >= 15 is 0 Å². The predicted octanol–water partition coefficient (Wildman–Crippen LogP) is 4.62. The fourth-order valence-corrected chi connectivity index (χ4v) is 4.25. The maximum Gasteiger partial charge on any atom is 0.327 e. The van der Waals surface area contributed by atoms with Gasteiger partial charge in [-0.15, -0.1) is 0 Å². The number of methoxy groups -OCH3 is 1. The largest absolute Gasteiger partial charge is 0.468 e. The molecule has 1 aliphatic rings. The zero-order valence-corrected chi connectivity index (χ0v) is 19.3. The first kappa shape index (κ1) is 23.3. The molecule has 3 aromatic rings. The van der Waals surface area contributed by atoms with Gasteiger partial charge in [0.25, 0.3) is 5.91 Å². The van der Waals surface area contributed by atoms with Crippen LogP contribution in [0, 0.1) is 0 Å². The Morgan fingerprint density at radius 2 is 1.65 bits per heavy atom. The van der Waals surface area contributed by atoms with E-state index in [2.05, 4.69) is 21.7 Å². The van der Waals surface area contributed by atoms with E-state index in [9.17, 15) is 9.59 Å². The number of hydrogen-bond acceptors (Lipinski definition) is 5. The van der Waals surface area contributed by atoms with Crippen LogP contribution in [0.15, 0.2) is 85.4 Å². The van der Waals surface area contributed by atoms with Gasteiger partial charge >= 0.3 is 5.97 Å². The molecule has 4 rings (SSSR count). The molecule has 0 aromatic heterocycles. The van der Waals surface area contributed by atoms with E-state index in [1.165, 1.54) is 7.11 Å². The highest BCUT2D eigenvalue weighted by atomic mass is 16.5. The molecule has 6 nitrogen and oxygen atoms in total. The van der Waals surface area contributed by atoms with Gasteiger partial charge in [-0.3, -0.25) is 9.69 Å². The molecule has 6 heteroatoms. The Morgan fingerprint density at radius 1 is 0.941 bits per heavy atom. The molecular weight excluding hydrogens is 426 g/mol. The van der Waals surface area contributed by atoms with Crippen molar-refractivity contribution in [1.82, 2.24) is 4.90 Å². The van der Waals surface area contributed by atoms with Crippen molar-refractivity contribution in [3.8, 4) is 0 Å². The summed E-state index contributed by atoms with van der Waals surface area (Å²) in [6.07, 6.45) is 1.72. The number of carbonyl (C=O) groups excluding carboxylic acids is 2. The van der Waals surface area contributed by atoms with Crippen LogP contribution < -0.4 is 10.2 Å². The summed E-state index contributed by atoms with van der Waals surface area (Å²) in [4.78, 5) is 29.5. The highest BCUT2D eigenvalue weighted by molar-refractivity contribution is 6.04. The fourth-order valence-electron chi connectivity index (χ4n) is 4.25. The number of hydrogen-bond donors (Lipinski definition) is 1. The predicted molar refractivity (Wildman–Crippen MR) is 136 cm³/mol. The molecule has 0 bridgehead atoms. The van der Waals surface area contributed by atoms with E-state index in [0.29, 0.717) is 5.56 Å². The zero-order valence-electron chi connectivity index (χ0n) is 19.3. The summed E-state index contributed by atoms with van der Waals surface area (Å²) in [6.45, 7) is 6.82. The highest BCUT2D eigenvalue weighted by Crippen LogP contribution is 2.26. The summed E-state index contributed by atoms with van der Waals surface area (Å²) in [7, 11) is 1.44. The SMILES string of the molecule is C=Cc1cccc(C(=O)Nc2ccc(N3CCN(C(C(=O)OC)c4ccccc4)CC3)cc2)c1. The van der Waals surface area contributed by atoms with Gasteiger partial charge < -0.3 is 15.0 Å². The van der Waals surface area contributed by atoms with Crippen molar-refractivity contribution in [2.24, 2.45) is 0 Å². The molecule has 1 atom stereocenters. The topological polar surface area (TPSA) is 61.9 Å². The van der Waals surface area contributed by atoms with Gasteiger partial charge in [-0.1, -0.05) is 55.1 Å². The molecule has 0 aliphatic carbocycles. The lowest BCUT2D eigenvalue weighted by molar-refractivity contribution is -0.147. The fraction of sp³-hybridized carbons (Fsp3) is 0.214. The van der Waals surface area contributed by atoms with Crippen LogP contribution in [0.5, 0.6) is 0 Å². The zero-order chi connectivity index (χ0) is 23.9. The number of piperazine rings is 1. The molecule has 1 heterocycles. The lowest BCUT2D eigenvalue weighted by atomic mass is 10.0. The maximum absolute atomic E-state index is 12.6. The third-order valence-corrected chi connectivity index (χ3v) is 6.09. The summed E-state index contributed by atoms with van der Waals surface area (Å²) in [5.41, 5.74) is 4.27. The van der Waals surface area contributed by atoms with E-state index in [4.69, 9.17) is 4.74 Å². The van der Waals surface area contributed by atoms with Crippen LogP contribution in [0.25, 0.3) is 6.08 Å². The Bertz CT molecular complexity index is 1140. The van der Waals surface area contributed by atoms with Crippen LogP contribution in [-0.4, -0.2) is 50.1 Å². The third-order valence-electron chi connectivity index (χ3n) is 6.09. The molecule has 0 spiro atoms. The number of ether oxygens (including phenoxy) is 1. The Hall–Kier alpha value is -3.90. The summed E-state index contributed by atoms with van der Waals surface area (Å²) < 4.78 is 5.09. The van der Waals surface area contributed by atoms with Gasteiger partial charge in [0.15, 0.2) is 0 Å². The van der Waals surface area contributed by atoms with Crippen molar-refractivity contribution in [2.75, 3.05) is 43.5 Å². The maximum atomic E-state index is 12.6. The number of anilines is 2. The number of benzene rings is 3. The van der Waals surface area contributed by atoms with E-state index in [1.807, 2.05) is 72.8 Å². The molecule has 1 fully saturated rings. The van der Waals surface area contributed by atoms with Gasteiger partial charge in [-0.2, -0.15) is 0 Å². The molecule has 0 radical (unpaired) electrons. The number of carbonyl (C=O) groups is 2. The molecule has 0 saturated carbocycles. The molecule has 1 unspecified atom stereocenters. The van der Waals surface area contributed by atoms with E-state index in [0.717, 1.165) is 48.7 Å². The van der Waals surface area contributed by atoms with E-state index in [-0.39, 0.29) is 11.9 Å². The minimum atomic E-state index is -0.398. The molecule has 3 aromatic carbocycles. The summed E-state index contributed by atoms with van der Waals surface area (Å²) in [5, 5.41) is 2.95. The Kier molecular flexibility index (Phi) is 7.40. The van der Waals surface area contributed by atoms with Crippen LogP contribution in [0.4, 0.5) is 11.4 Å². The highest BCUT2D eigenvalue weighted by Gasteiger charge is 2.31. The molecule has 34 heavy (non-hydrogen) atoms. The third kappa shape index (κ3) is 5.35. The van der Waals surface area contributed by atoms with Crippen LogP contribution in [-0.2, 0) is 9.53 Å². The van der Waals surface area contributed by atoms with Crippen molar-refractivity contribution in [2.45, 2.75) is 6.04 Å². The molecule has 1 saturated heterocycles. The Labute approximate surface area is 200 Å². The van der Waals surface area contributed by atoms with Crippen LogP contribution in [0.3, 0.4) is 0 Å². The molecule has 1 amide bonds. The van der Waals surface area contributed by atoms with Gasteiger partial charge in [-0.25, -0.2) is 4.79 Å². The Morgan fingerprint density at radius 3 is 2.29 bits per heavy atom. The second-order valence-corrected chi connectivity index (χ2v) is 8.19. The molecule has 174 valence electrons. The first-order valence-corrected chi connectivity index (χ1v) is 11.3. The minimum Gasteiger partial charge on any atom is -0.468 e. The summed E-state index contributed by atoms with van der Waals surface area (Å²) in [6, 6.07) is 24.6. The molecular formula is C28H29N3O3. The van der Waals surface area contributed by atoms with Crippen LogP contribution in [0.1, 0.15) is 27.5 Å². The van der Waals surface area contributed by atoms with Crippen LogP contribution in [0.2, 0.25) is 0 Å². The van der Waals surface area contributed by atoms with Gasteiger partial charge in [0.1, 0.15) is 6.04 Å². The van der Waals surface area contributed by atoms with E-state index in [1.54, 1.807) is 12.1 Å². The lowest BCUT2D eigenvalue weighted by Crippen LogP contribution is -2.49. The lowest BCUT2D eigenvalue weighted by Gasteiger charge is -2.39. The first-order valence-electron chi connectivity index (χ1n) is 11.3. The van der Waals surface area contributed by atoms with Crippen molar-refractivity contribution in [3.63, 3.8) is 0 Å². The Balaban J connectivity index is 1.37.